The Kier molecular flexibility index (Phi) is 6.76. The van der Waals surface area contributed by atoms with Crippen LogP contribution in [0.25, 0.3) is 0 Å². The summed E-state index contributed by atoms with van der Waals surface area (Å²) in [5.74, 6) is -2.04. The number of benzene rings is 2. The normalized spacial score (nSPS) is 13.3. The van der Waals surface area contributed by atoms with Crippen molar-refractivity contribution in [1.29, 1.82) is 0 Å². The molecule has 0 spiro atoms. The first-order chi connectivity index (χ1) is 13.5. The number of carbonyl (C=O) groups is 2. The van der Waals surface area contributed by atoms with Gasteiger partial charge in [0.2, 0.25) is 0 Å². The first-order valence-corrected chi connectivity index (χ1v) is 8.76. The van der Waals surface area contributed by atoms with Crippen LogP contribution in [0.2, 0.25) is 5.02 Å². The molecule has 0 aliphatic heterocycles. The van der Waals surface area contributed by atoms with Crippen LogP contribution in [0.15, 0.2) is 54.6 Å². The highest BCUT2D eigenvalue weighted by atomic mass is 35.5. The molecule has 1 atom stereocenters. The zero-order valence-corrected chi connectivity index (χ0v) is 16.2. The summed E-state index contributed by atoms with van der Waals surface area (Å²) < 4.78 is 46.3. The Hall–Kier alpha value is -2.78. The molecule has 0 saturated heterocycles. The van der Waals surface area contributed by atoms with E-state index in [9.17, 15) is 27.9 Å². The molecule has 6 nitrogen and oxygen atoms in total. The zero-order valence-electron chi connectivity index (χ0n) is 15.5. The lowest BCUT2D eigenvalue weighted by atomic mass is 10.1. The van der Waals surface area contributed by atoms with E-state index in [1.54, 1.807) is 18.2 Å². The summed E-state index contributed by atoms with van der Waals surface area (Å²) in [5, 5.41) is 10.5. The molecule has 2 aromatic rings. The molecule has 1 N–H and O–H groups in total. The maximum Gasteiger partial charge on any atom is 0.449 e. The van der Waals surface area contributed by atoms with Crippen molar-refractivity contribution in [3.8, 4) is 0 Å². The van der Waals surface area contributed by atoms with Gasteiger partial charge in [0.25, 0.3) is 0 Å². The lowest BCUT2D eigenvalue weighted by Crippen LogP contribution is -2.68. The number of amides is 2. The van der Waals surface area contributed by atoms with Crippen molar-refractivity contribution in [2.75, 3.05) is 23.5 Å². The van der Waals surface area contributed by atoms with Gasteiger partial charge in [-0.05, 0) is 37.3 Å². The van der Waals surface area contributed by atoms with Gasteiger partial charge < -0.3 is 9.84 Å². The summed E-state index contributed by atoms with van der Waals surface area (Å²) >= 11 is 5.86. The SMILES string of the molecule is CCOC(=O)C(O)(N(C(=O)N(C)c1ccccc1)c1cccc(Cl)c1)C(F)(F)F. The van der Waals surface area contributed by atoms with Crippen LogP contribution >= 0.6 is 11.6 Å². The van der Waals surface area contributed by atoms with Gasteiger partial charge in [-0.15, -0.1) is 0 Å². The molecule has 156 valence electrons. The van der Waals surface area contributed by atoms with Crippen LogP contribution in [-0.2, 0) is 9.53 Å². The third-order valence-corrected chi connectivity index (χ3v) is 4.20. The second-order valence-electron chi connectivity index (χ2n) is 5.88. The second-order valence-corrected chi connectivity index (χ2v) is 6.32. The van der Waals surface area contributed by atoms with Crippen molar-refractivity contribution in [2.24, 2.45) is 0 Å². The fraction of sp³-hybridized carbons (Fsp3) is 0.263. The van der Waals surface area contributed by atoms with Gasteiger partial charge in [-0.3, -0.25) is 4.90 Å². The van der Waals surface area contributed by atoms with Gasteiger partial charge in [0, 0.05) is 17.8 Å². The molecule has 10 heteroatoms. The zero-order chi connectivity index (χ0) is 21.8. The Morgan fingerprint density at radius 3 is 2.17 bits per heavy atom. The molecular formula is C19H18ClF3N2O4. The Morgan fingerprint density at radius 2 is 1.66 bits per heavy atom. The number of urea groups is 1. The van der Waals surface area contributed by atoms with Crippen LogP contribution in [0.3, 0.4) is 0 Å². The molecule has 1 unspecified atom stereocenters. The van der Waals surface area contributed by atoms with E-state index in [-0.39, 0.29) is 15.6 Å². The minimum Gasteiger partial charge on any atom is -0.462 e. The predicted octanol–water partition coefficient (Wildman–Crippen LogP) is 4.22. The van der Waals surface area contributed by atoms with Crippen molar-refractivity contribution < 1.29 is 32.6 Å². The van der Waals surface area contributed by atoms with Gasteiger partial charge in [0.05, 0.1) is 12.3 Å². The largest absolute Gasteiger partial charge is 0.462 e. The topological polar surface area (TPSA) is 70.1 Å². The van der Waals surface area contributed by atoms with E-state index in [4.69, 9.17) is 11.6 Å². The first kappa shape index (κ1) is 22.5. The highest BCUT2D eigenvalue weighted by Crippen LogP contribution is 2.39. The van der Waals surface area contributed by atoms with Gasteiger partial charge in [-0.1, -0.05) is 35.9 Å². The number of hydrogen-bond donors (Lipinski definition) is 1. The summed E-state index contributed by atoms with van der Waals surface area (Å²) in [6, 6.07) is 11.2. The van der Waals surface area contributed by atoms with Crippen LogP contribution < -0.4 is 9.80 Å². The monoisotopic (exact) mass is 430 g/mol. The van der Waals surface area contributed by atoms with Gasteiger partial charge >= 0.3 is 23.9 Å². The van der Waals surface area contributed by atoms with Crippen LogP contribution in [0, 0.1) is 0 Å². The van der Waals surface area contributed by atoms with E-state index in [0.717, 1.165) is 17.0 Å². The van der Waals surface area contributed by atoms with E-state index < -0.39 is 36.2 Å². The highest BCUT2D eigenvalue weighted by molar-refractivity contribution is 6.31. The van der Waals surface area contributed by atoms with Gasteiger partial charge in [-0.2, -0.15) is 13.2 Å². The molecule has 29 heavy (non-hydrogen) atoms. The summed E-state index contributed by atoms with van der Waals surface area (Å²) in [7, 11) is 1.21. The smallest absolute Gasteiger partial charge is 0.449 e. The molecule has 0 aliphatic rings. The van der Waals surface area contributed by atoms with E-state index in [2.05, 4.69) is 4.74 Å². The van der Waals surface area contributed by atoms with Crippen molar-refractivity contribution in [3.05, 3.63) is 59.6 Å². The second kappa shape index (κ2) is 8.71. The van der Waals surface area contributed by atoms with Crippen molar-refractivity contribution in [2.45, 2.75) is 18.8 Å². The molecule has 0 aromatic heterocycles. The molecule has 0 fully saturated rings. The average Bonchev–Trinajstić information content (AvgIpc) is 2.67. The third-order valence-electron chi connectivity index (χ3n) is 3.97. The number of alkyl halides is 3. The summed E-state index contributed by atoms with van der Waals surface area (Å²) in [5.41, 5.74) is -4.50. The van der Waals surface area contributed by atoms with Gasteiger partial charge in [0.15, 0.2) is 0 Å². The van der Waals surface area contributed by atoms with E-state index in [0.29, 0.717) is 0 Å². The standard InChI is InChI=1S/C19H18ClF3N2O4/c1-3-29-16(26)18(28,19(21,22)23)25(15-11-7-8-13(20)12-15)17(27)24(2)14-9-5-4-6-10-14/h4-12,28H,3H2,1-2H3. The number of hydrogen-bond acceptors (Lipinski definition) is 4. The lowest BCUT2D eigenvalue weighted by Gasteiger charge is -2.40. The lowest BCUT2D eigenvalue weighted by molar-refractivity contribution is -0.259. The molecule has 0 bridgehead atoms. The number of rotatable bonds is 5. The van der Waals surface area contributed by atoms with Gasteiger partial charge in [0.1, 0.15) is 0 Å². The summed E-state index contributed by atoms with van der Waals surface area (Å²) in [4.78, 5) is 26.1. The maximum atomic E-state index is 13.9. The van der Waals surface area contributed by atoms with Crippen LogP contribution in [0.5, 0.6) is 0 Å². The third kappa shape index (κ3) is 4.46. The molecule has 0 radical (unpaired) electrons. The summed E-state index contributed by atoms with van der Waals surface area (Å²) in [6.45, 7) is 0.833. The fourth-order valence-corrected chi connectivity index (χ4v) is 2.71. The molecule has 2 amide bonds. The van der Waals surface area contributed by atoms with Crippen LogP contribution in [0.4, 0.5) is 29.3 Å². The Labute approximate surface area is 170 Å². The number of nitrogens with zero attached hydrogens (tertiary/aromatic N) is 2. The maximum absolute atomic E-state index is 13.9. The number of esters is 1. The van der Waals surface area contributed by atoms with E-state index in [1.165, 1.54) is 38.2 Å². The number of carbonyl (C=O) groups excluding carboxylic acids is 2. The van der Waals surface area contributed by atoms with Crippen molar-refractivity contribution in [3.63, 3.8) is 0 Å². The van der Waals surface area contributed by atoms with E-state index >= 15 is 0 Å². The molecule has 2 aromatic carbocycles. The van der Waals surface area contributed by atoms with E-state index in [1.807, 2.05) is 0 Å². The molecule has 0 heterocycles. The number of aliphatic hydroxyl groups is 1. The number of para-hydroxylation sites is 1. The molecule has 0 saturated carbocycles. The predicted molar refractivity (Wildman–Crippen MR) is 102 cm³/mol. The minimum absolute atomic E-state index is 0.00366. The first-order valence-electron chi connectivity index (χ1n) is 8.38. The quantitative estimate of drug-likeness (QED) is 0.569. The average molecular weight is 431 g/mol. The minimum atomic E-state index is -5.57. The fourth-order valence-electron chi connectivity index (χ4n) is 2.53. The number of ether oxygens (including phenoxy) is 1. The molecular weight excluding hydrogens is 413 g/mol. The van der Waals surface area contributed by atoms with Crippen LogP contribution in [0.1, 0.15) is 6.92 Å². The van der Waals surface area contributed by atoms with Crippen LogP contribution in [-0.4, -0.2) is 42.7 Å². The summed E-state index contributed by atoms with van der Waals surface area (Å²) in [6.07, 6.45) is -5.57. The van der Waals surface area contributed by atoms with Gasteiger partial charge in [-0.25, -0.2) is 14.5 Å². The Bertz CT molecular complexity index is 879. The molecule has 0 aliphatic carbocycles. The molecule has 2 rings (SSSR count). The van der Waals surface area contributed by atoms with Crippen molar-refractivity contribution >= 4 is 35.0 Å². The Balaban J connectivity index is 2.69. The Morgan fingerprint density at radius 1 is 1.07 bits per heavy atom. The number of halogens is 4. The number of anilines is 2. The highest BCUT2D eigenvalue weighted by Gasteiger charge is 2.67. The van der Waals surface area contributed by atoms with Crippen molar-refractivity contribution in [1.82, 2.24) is 0 Å².